The third kappa shape index (κ3) is 4.14. The molecular formula is C20H27N5O5S. The predicted octanol–water partition coefficient (Wildman–Crippen LogP) is -0.270. The van der Waals surface area contributed by atoms with E-state index in [1.807, 2.05) is 6.92 Å². The summed E-state index contributed by atoms with van der Waals surface area (Å²) >= 11 is 1.42. The molecule has 0 aromatic heterocycles. The Balaban J connectivity index is 1.75. The first kappa shape index (κ1) is 23.1. The van der Waals surface area contributed by atoms with Crippen LogP contribution in [0.25, 0.3) is 0 Å². The van der Waals surface area contributed by atoms with Crippen molar-refractivity contribution in [2.75, 3.05) is 20.6 Å². The Labute approximate surface area is 185 Å². The Bertz CT molecular complexity index is 882. The normalized spacial score (nSPS) is 30.4. The lowest BCUT2D eigenvalue weighted by Crippen LogP contribution is -2.66. The van der Waals surface area contributed by atoms with Crippen molar-refractivity contribution in [1.29, 1.82) is 5.26 Å². The average Bonchev–Trinajstić information content (AvgIpc) is 3.23. The fraction of sp³-hybridized carbons (Fsp3) is 0.650. The lowest BCUT2D eigenvalue weighted by atomic mass is 9.78. The molecule has 1 unspecified atom stereocenters. The van der Waals surface area contributed by atoms with Gasteiger partial charge in [-0.05, 0) is 13.3 Å². The molecule has 0 bridgehead atoms. The highest BCUT2D eigenvalue weighted by atomic mass is 32.2. The number of carboxylic acid groups (broad SMARTS) is 1. The summed E-state index contributed by atoms with van der Waals surface area (Å²) in [6.07, 6.45) is 0.282. The molecule has 11 heteroatoms. The predicted molar refractivity (Wildman–Crippen MR) is 112 cm³/mol. The molecule has 2 fully saturated rings. The van der Waals surface area contributed by atoms with Gasteiger partial charge < -0.3 is 25.5 Å². The lowest BCUT2D eigenvalue weighted by molar-refractivity contribution is -0.158. The number of nitriles is 1. The average molecular weight is 450 g/mol. The van der Waals surface area contributed by atoms with E-state index in [4.69, 9.17) is 5.26 Å². The van der Waals surface area contributed by atoms with Crippen molar-refractivity contribution >= 4 is 35.5 Å². The van der Waals surface area contributed by atoms with Crippen molar-refractivity contribution < 1.29 is 24.3 Å². The summed E-state index contributed by atoms with van der Waals surface area (Å²) in [4.78, 5) is 52.3. The number of carboxylic acids is 1. The van der Waals surface area contributed by atoms with Gasteiger partial charge in [-0.1, -0.05) is 6.92 Å². The Morgan fingerprint density at radius 2 is 2.10 bits per heavy atom. The third-order valence-corrected chi connectivity index (χ3v) is 7.59. The van der Waals surface area contributed by atoms with Crippen LogP contribution in [0.1, 0.15) is 26.7 Å². The first-order valence-electron chi connectivity index (χ1n) is 10.2. The number of rotatable bonds is 7. The molecule has 3 amide bonds. The maximum Gasteiger partial charge on any atom is 0.353 e. The maximum atomic E-state index is 12.8. The molecule has 3 aliphatic heterocycles. The maximum absolute atomic E-state index is 12.8. The highest BCUT2D eigenvalue weighted by Crippen LogP contribution is 2.51. The molecule has 2 saturated heterocycles. The SMILES string of the molecule is CC(NC(=O)CC#N)[C@H]1C(=O)N2C(C(=O)O)=C(S[C@@H]3CN[C@H](C(=O)N(C)C)C3)[C@H](C)[C@H]12. The summed E-state index contributed by atoms with van der Waals surface area (Å²) in [5.41, 5.74) is 0.00156. The van der Waals surface area contributed by atoms with Crippen molar-refractivity contribution in [3.8, 4) is 6.07 Å². The minimum absolute atomic E-state index is 0.00156. The van der Waals surface area contributed by atoms with Gasteiger partial charge in [0.05, 0.1) is 24.1 Å². The van der Waals surface area contributed by atoms with Gasteiger partial charge in [0.2, 0.25) is 17.7 Å². The van der Waals surface area contributed by atoms with Crippen LogP contribution in [0.2, 0.25) is 0 Å². The molecule has 6 atom stereocenters. The summed E-state index contributed by atoms with van der Waals surface area (Å²) in [5.74, 6) is -2.72. The van der Waals surface area contributed by atoms with Crippen LogP contribution in [0.3, 0.4) is 0 Å². The van der Waals surface area contributed by atoms with Crippen molar-refractivity contribution in [3.63, 3.8) is 0 Å². The molecule has 3 aliphatic rings. The summed E-state index contributed by atoms with van der Waals surface area (Å²) in [7, 11) is 3.39. The molecule has 0 aromatic rings. The Morgan fingerprint density at radius 1 is 1.42 bits per heavy atom. The molecular weight excluding hydrogens is 422 g/mol. The number of hydrogen-bond acceptors (Lipinski definition) is 7. The standard InChI is InChI=1S/C20H27N5O5S/c1-9-15-14(10(2)23-13(26)5-6-21)19(28)25(15)16(20(29)30)17(9)31-11-7-12(22-8-11)18(27)24(3)4/h9-12,14-15,22H,5,7-8H2,1-4H3,(H,23,26)(H,29,30)/t9-,10?,11+,12+,14-,15-/m1/s1. The van der Waals surface area contributed by atoms with Gasteiger partial charge in [-0.25, -0.2) is 4.79 Å². The second-order valence-electron chi connectivity index (χ2n) is 8.39. The quantitative estimate of drug-likeness (QED) is 0.451. The molecule has 0 spiro atoms. The first-order valence-corrected chi connectivity index (χ1v) is 11.0. The summed E-state index contributed by atoms with van der Waals surface area (Å²) < 4.78 is 0. The molecule has 0 aromatic carbocycles. The highest BCUT2D eigenvalue weighted by molar-refractivity contribution is 8.03. The van der Waals surface area contributed by atoms with E-state index in [2.05, 4.69) is 10.6 Å². The topological polar surface area (TPSA) is 143 Å². The van der Waals surface area contributed by atoms with Gasteiger partial charge in [0, 0.05) is 42.8 Å². The minimum Gasteiger partial charge on any atom is -0.477 e. The number of hydrogen-bond donors (Lipinski definition) is 3. The molecule has 31 heavy (non-hydrogen) atoms. The minimum atomic E-state index is -1.16. The van der Waals surface area contributed by atoms with E-state index >= 15 is 0 Å². The Morgan fingerprint density at radius 3 is 2.68 bits per heavy atom. The van der Waals surface area contributed by atoms with E-state index in [0.29, 0.717) is 17.9 Å². The van der Waals surface area contributed by atoms with Crippen molar-refractivity contribution in [2.45, 2.75) is 50.1 Å². The zero-order valence-corrected chi connectivity index (χ0v) is 18.7. The van der Waals surface area contributed by atoms with E-state index < -0.39 is 23.8 Å². The second kappa shape index (κ2) is 8.88. The number of nitrogens with one attached hydrogen (secondary N) is 2. The Hall–Kier alpha value is -2.58. The number of carbonyl (C=O) groups excluding carboxylic acids is 3. The van der Waals surface area contributed by atoms with Crippen LogP contribution in [-0.2, 0) is 19.2 Å². The van der Waals surface area contributed by atoms with E-state index in [1.54, 1.807) is 27.1 Å². The van der Waals surface area contributed by atoms with E-state index in [-0.39, 0.29) is 47.2 Å². The summed E-state index contributed by atoms with van der Waals surface area (Å²) in [6.45, 7) is 4.16. The van der Waals surface area contributed by atoms with Crippen molar-refractivity contribution in [1.82, 2.24) is 20.4 Å². The number of amides is 3. The van der Waals surface area contributed by atoms with Crippen molar-refractivity contribution in [2.24, 2.45) is 11.8 Å². The van der Waals surface area contributed by atoms with Crippen LogP contribution in [0.5, 0.6) is 0 Å². The summed E-state index contributed by atoms with van der Waals surface area (Å²) in [6, 6.07) is 0.604. The van der Waals surface area contributed by atoms with Gasteiger partial charge >= 0.3 is 5.97 Å². The molecule has 3 rings (SSSR count). The molecule has 3 N–H and O–H groups in total. The Kier molecular flexibility index (Phi) is 6.62. The monoisotopic (exact) mass is 449 g/mol. The summed E-state index contributed by atoms with van der Waals surface area (Å²) in [5, 5.41) is 24.4. The van der Waals surface area contributed by atoms with E-state index in [9.17, 15) is 24.3 Å². The van der Waals surface area contributed by atoms with Crippen LogP contribution in [0.15, 0.2) is 10.6 Å². The number of β-lactam (4-membered cyclic amide) rings is 1. The van der Waals surface area contributed by atoms with Crippen molar-refractivity contribution in [3.05, 3.63) is 10.6 Å². The second-order valence-corrected chi connectivity index (χ2v) is 9.73. The number of aliphatic carboxylic acids is 1. The number of nitrogens with zero attached hydrogens (tertiary/aromatic N) is 3. The van der Waals surface area contributed by atoms with Crippen LogP contribution in [0.4, 0.5) is 0 Å². The zero-order valence-electron chi connectivity index (χ0n) is 17.9. The smallest absolute Gasteiger partial charge is 0.353 e. The molecule has 3 heterocycles. The molecule has 0 radical (unpaired) electrons. The first-order chi connectivity index (χ1) is 14.6. The number of carbonyl (C=O) groups is 4. The molecule has 0 aliphatic carbocycles. The number of fused-ring (bicyclic) bond motifs is 1. The van der Waals surface area contributed by atoms with Gasteiger partial charge in [-0.3, -0.25) is 14.4 Å². The highest BCUT2D eigenvalue weighted by Gasteiger charge is 2.60. The van der Waals surface area contributed by atoms with Gasteiger partial charge in [0.15, 0.2) is 0 Å². The van der Waals surface area contributed by atoms with Crippen LogP contribution < -0.4 is 10.6 Å². The fourth-order valence-corrected chi connectivity index (χ4v) is 6.11. The van der Waals surface area contributed by atoms with Crippen LogP contribution in [-0.4, -0.2) is 82.6 Å². The zero-order chi connectivity index (χ0) is 23.0. The van der Waals surface area contributed by atoms with Crippen LogP contribution in [0, 0.1) is 23.2 Å². The van der Waals surface area contributed by atoms with Gasteiger partial charge in [0.1, 0.15) is 12.1 Å². The van der Waals surface area contributed by atoms with Gasteiger partial charge in [-0.2, -0.15) is 5.26 Å². The largest absolute Gasteiger partial charge is 0.477 e. The van der Waals surface area contributed by atoms with Gasteiger partial charge in [0.25, 0.3) is 0 Å². The van der Waals surface area contributed by atoms with E-state index in [0.717, 1.165) is 0 Å². The van der Waals surface area contributed by atoms with E-state index in [1.165, 1.54) is 21.6 Å². The molecule has 0 saturated carbocycles. The van der Waals surface area contributed by atoms with Crippen LogP contribution >= 0.6 is 11.8 Å². The number of thioether (sulfide) groups is 1. The molecule has 168 valence electrons. The lowest BCUT2D eigenvalue weighted by Gasteiger charge is -2.47. The fourth-order valence-electron chi connectivity index (χ4n) is 4.64. The third-order valence-electron chi connectivity index (χ3n) is 6.08. The number of likely N-dealkylation sites (N-methyl/N-ethyl adjacent to an activating group) is 1. The van der Waals surface area contributed by atoms with Gasteiger partial charge in [-0.15, -0.1) is 11.8 Å². The molecule has 10 nitrogen and oxygen atoms in total.